The maximum atomic E-state index is 5.97. The molecule has 0 unspecified atom stereocenters. The van der Waals surface area contributed by atoms with Gasteiger partial charge in [-0.3, -0.25) is 0 Å². The molecule has 1 aliphatic carbocycles. The number of hydrogen-bond donors (Lipinski definition) is 2. The van der Waals surface area contributed by atoms with Gasteiger partial charge in [0, 0.05) is 35.3 Å². The third-order valence-electron chi connectivity index (χ3n) is 3.64. The Morgan fingerprint density at radius 3 is 2.64 bits per heavy atom. The summed E-state index contributed by atoms with van der Waals surface area (Å²) in [6.07, 6.45) is 3.65. The molecule has 2 aromatic rings. The van der Waals surface area contributed by atoms with Crippen LogP contribution in [0.15, 0.2) is 36.7 Å². The smallest absolute Gasteiger partial charge is 0.129 e. The van der Waals surface area contributed by atoms with Gasteiger partial charge in [0.2, 0.25) is 0 Å². The molecule has 1 fully saturated rings. The van der Waals surface area contributed by atoms with Crippen LogP contribution < -0.4 is 11.1 Å². The Morgan fingerprint density at radius 1 is 1.18 bits per heavy atom. The fourth-order valence-electron chi connectivity index (χ4n) is 2.44. The summed E-state index contributed by atoms with van der Waals surface area (Å²) in [5.41, 5.74) is 8.03. The predicted molar refractivity (Wildman–Crippen MR) is 95.3 cm³/mol. The van der Waals surface area contributed by atoms with Crippen LogP contribution in [0.4, 0.5) is 5.82 Å². The molecule has 7 heteroatoms. The van der Waals surface area contributed by atoms with Crippen molar-refractivity contribution in [2.75, 3.05) is 5.32 Å². The number of hydrogen-bond acceptors (Lipinski definition) is 4. The molecule has 1 saturated carbocycles. The molecule has 3 N–H and O–H groups in total. The van der Waals surface area contributed by atoms with Gasteiger partial charge in [0.05, 0.1) is 0 Å². The fraction of sp³-hybridized carbons (Fsp3) is 0.333. The Bertz CT molecular complexity index is 603. The van der Waals surface area contributed by atoms with E-state index in [1.807, 2.05) is 30.3 Å². The average Bonchev–Trinajstić information content (AvgIpc) is 2.42. The molecule has 0 atom stereocenters. The third kappa shape index (κ3) is 4.71. The lowest BCUT2D eigenvalue weighted by Gasteiger charge is -2.31. The Labute approximate surface area is 147 Å². The highest BCUT2D eigenvalue weighted by Gasteiger charge is 2.28. The van der Waals surface area contributed by atoms with Gasteiger partial charge in [-0.25, -0.2) is 9.97 Å². The number of benzene rings is 1. The minimum atomic E-state index is 0. The van der Waals surface area contributed by atoms with E-state index in [1.165, 1.54) is 0 Å². The molecular formula is C15H19Cl3N4. The van der Waals surface area contributed by atoms with Gasteiger partial charge in [0.1, 0.15) is 12.1 Å². The second kappa shape index (κ2) is 8.53. The van der Waals surface area contributed by atoms with Gasteiger partial charge < -0.3 is 11.1 Å². The summed E-state index contributed by atoms with van der Waals surface area (Å²) in [7, 11) is 0. The second-order valence-corrected chi connectivity index (χ2v) is 5.68. The molecule has 4 nitrogen and oxygen atoms in total. The molecule has 120 valence electrons. The van der Waals surface area contributed by atoms with Gasteiger partial charge in [-0.2, -0.15) is 0 Å². The lowest BCUT2D eigenvalue weighted by Crippen LogP contribution is -2.35. The molecule has 0 aliphatic heterocycles. The highest BCUT2D eigenvalue weighted by atomic mass is 35.5. The van der Waals surface area contributed by atoms with Gasteiger partial charge in [0.25, 0.3) is 0 Å². The summed E-state index contributed by atoms with van der Waals surface area (Å²) in [5.74, 6) is 1.33. The van der Waals surface area contributed by atoms with Crippen LogP contribution in [0.2, 0.25) is 5.02 Å². The minimum absolute atomic E-state index is 0. The maximum Gasteiger partial charge on any atom is 0.129 e. The highest BCUT2D eigenvalue weighted by molar-refractivity contribution is 6.30. The zero-order valence-corrected chi connectivity index (χ0v) is 14.3. The summed E-state index contributed by atoms with van der Waals surface area (Å²) in [5, 5.41) is 4.05. The number of aromatic nitrogens is 2. The van der Waals surface area contributed by atoms with Gasteiger partial charge in [-0.1, -0.05) is 23.7 Å². The van der Waals surface area contributed by atoms with Crippen LogP contribution in [0.5, 0.6) is 0 Å². The summed E-state index contributed by atoms with van der Waals surface area (Å²) in [6.45, 7) is 0.696. The summed E-state index contributed by atoms with van der Waals surface area (Å²) < 4.78 is 0. The molecule has 22 heavy (non-hydrogen) atoms. The van der Waals surface area contributed by atoms with E-state index in [4.69, 9.17) is 17.3 Å². The first-order valence-corrected chi connectivity index (χ1v) is 7.14. The molecular weight excluding hydrogens is 343 g/mol. The predicted octanol–water partition coefficient (Wildman–Crippen LogP) is 3.79. The maximum absolute atomic E-state index is 5.97. The summed E-state index contributed by atoms with van der Waals surface area (Å²) in [6, 6.07) is 10.1. The van der Waals surface area contributed by atoms with Gasteiger partial charge in [0.15, 0.2) is 0 Å². The molecule has 1 aliphatic rings. The van der Waals surface area contributed by atoms with Crippen LogP contribution in [0, 0.1) is 0 Å². The van der Waals surface area contributed by atoms with Crippen molar-refractivity contribution in [2.45, 2.75) is 31.3 Å². The lowest BCUT2D eigenvalue weighted by atomic mass is 9.79. The van der Waals surface area contributed by atoms with Crippen molar-refractivity contribution in [2.24, 2.45) is 5.73 Å². The van der Waals surface area contributed by atoms with Crippen LogP contribution >= 0.6 is 36.4 Å². The van der Waals surface area contributed by atoms with E-state index >= 15 is 0 Å². The largest absolute Gasteiger partial charge is 0.366 e. The number of nitrogens with one attached hydrogen (secondary N) is 1. The molecule has 0 spiro atoms. The van der Waals surface area contributed by atoms with E-state index in [0.717, 1.165) is 34.9 Å². The molecule has 0 bridgehead atoms. The minimum Gasteiger partial charge on any atom is -0.366 e. The zero-order valence-electron chi connectivity index (χ0n) is 11.9. The first-order valence-electron chi connectivity index (χ1n) is 6.76. The number of rotatable bonds is 4. The average molecular weight is 362 g/mol. The first kappa shape index (κ1) is 19.0. The lowest BCUT2D eigenvalue weighted by molar-refractivity contribution is 0.345. The monoisotopic (exact) mass is 360 g/mol. The van der Waals surface area contributed by atoms with Gasteiger partial charge in [-0.05, 0) is 30.5 Å². The fourth-order valence-corrected chi connectivity index (χ4v) is 2.65. The molecule has 3 rings (SSSR count). The van der Waals surface area contributed by atoms with Crippen molar-refractivity contribution in [1.29, 1.82) is 0 Å². The second-order valence-electron chi connectivity index (χ2n) is 5.24. The Morgan fingerprint density at radius 2 is 1.95 bits per heavy atom. The molecule has 1 heterocycles. The van der Waals surface area contributed by atoms with Crippen molar-refractivity contribution < 1.29 is 0 Å². The molecule has 1 aromatic heterocycles. The van der Waals surface area contributed by atoms with E-state index in [9.17, 15) is 0 Å². The molecule has 0 saturated heterocycles. The molecule has 0 amide bonds. The third-order valence-corrected chi connectivity index (χ3v) is 3.88. The van der Waals surface area contributed by atoms with Crippen LogP contribution in [-0.4, -0.2) is 16.0 Å². The van der Waals surface area contributed by atoms with E-state index < -0.39 is 0 Å². The normalized spacial score (nSPS) is 19.4. The summed E-state index contributed by atoms with van der Waals surface area (Å²) in [4.78, 5) is 8.59. The van der Waals surface area contributed by atoms with E-state index in [2.05, 4.69) is 15.3 Å². The SMILES string of the molecule is Cl.Cl.NC1CC(c2cc(NCc3cccc(Cl)c3)ncn2)C1. The van der Waals surface area contributed by atoms with E-state index in [-0.39, 0.29) is 24.8 Å². The Balaban J connectivity index is 0.00000121. The number of halogens is 3. The first-order chi connectivity index (χ1) is 9.70. The number of anilines is 1. The van der Waals surface area contributed by atoms with Crippen LogP contribution in [0.3, 0.4) is 0 Å². The highest BCUT2D eigenvalue weighted by Crippen LogP contribution is 2.34. The van der Waals surface area contributed by atoms with Crippen molar-refractivity contribution >= 4 is 42.2 Å². The number of nitrogens with zero attached hydrogens (tertiary/aromatic N) is 2. The summed E-state index contributed by atoms with van der Waals surface area (Å²) >= 11 is 5.97. The topological polar surface area (TPSA) is 63.8 Å². The standard InChI is InChI=1S/C15H17ClN4.2ClH/c16-12-3-1-2-10(4-12)8-18-15-7-14(19-9-20-15)11-5-13(17)6-11;;/h1-4,7,9,11,13H,5-6,8,17H2,(H,18,19,20);2*1H. The Hall–Kier alpha value is -1.07. The molecule has 1 aromatic carbocycles. The number of nitrogens with two attached hydrogens (primary N) is 1. The Kier molecular flexibility index (Phi) is 7.36. The van der Waals surface area contributed by atoms with E-state index in [0.29, 0.717) is 18.5 Å². The van der Waals surface area contributed by atoms with Gasteiger partial charge >= 0.3 is 0 Å². The van der Waals surface area contributed by atoms with Crippen molar-refractivity contribution in [1.82, 2.24) is 9.97 Å². The van der Waals surface area contributed by atoms with Crippen LogP contribution in [0.1, 0.15) is 30.0 Å². The van der Waals surface area contributed by atoms with Crippen LogP contribution in [-0.2, 0) is 6.54 Å². The quantitative estimate of drug-likeness (QED) is 0.869. The zero-order chi connectivity index (χ0) is 13.9. The van der Waals surface area contributed by atoms with Crippen molar-refractivity contribution in [3.63, 3.8) is 0 Å². The van der Waals surface area contributed by atoms with Crippen LogP contribution in [0.25, 0.3) is 0 Å². The van der Waals surface area contributed by atoms with Gasteiger partial charge in [-0.15, -0.1) is 24.8 Å². The van der Waals surface area contributed by atoms with Crippen molar-refractivity contribution in [3.05, 3.63) is 52.9 Å². The van der Waals surface area contributed by atoms with Crippen molar-refractivity contribution in [3.8, 4) is 0 Å². The van der Waals surface area contributed by atoms with E-state index in [1.54, 1.807) is 6.33 Å². The molecule has 0 radical (unpaired) electrons.